The summed E-state index contributed by atoms with van der Waals surface area (Å²) < 4.78 is 33.2. The number of sulfonamides is 1. The number of benzene rings is 3. The Morgan fingerprint density at radius 3 is 2.21 bits per heavy atom. The fourth-order valence-electron chi connectivity index (χ4n) is 3.89. The molecule has 1 N–H and O–H groups in total. The van der Waals surface area contributed by atoms with E-state index in [1.807, 2.05) is 6.92 Å². The summed E-state index contributed by atoms with van der Waals surface area (Å²) in [6.45, 7) is 1.85. The number of amides is 2. The normalized spacial score (nSPS) is 18.2. The Bertz CT molecular complexity index is 1260. The van der Waals surface area contributed by atoms with E-state index in [1.54, 1.807) is 66.7 Å². The van der Waals surface area contributed by atoms with Crippen molar-refractivity contribution in [2.24, 2.45) is 0 Å². The Labute approximate surface area is 193 Å². The summed E-state index contributed by atoms with van der Waals surface area (Å²) in [4.78, 5) is 26.1. The number of hydrogen-bond acceptors (Lipinski definition) is 5. The average molecular weight is 465 g/mol. The van der Waals surface area contributed by atoms with E-state index >= 15 is 0 Å². The van der Waals surface area contributed by atoms with Crippen LogP contribution in [-0.2, 0) is 14.8 Å². The van der Waals surface area contributed by atoms with Crippen molar-refractivity contribution in [3.63, 3.8) is 0 Å². The van der Waals surface area contributed by atoms with Crippen molar-refractivity contribution in [1.29, 1.82) is 0 Å². The van der Waals surface area contributed by atoms with Gasteiger partial charge in [0.15, 0.2) is 0 Å². The first-order chi connectivity index (χ1) is 15.8. The van der Waals surface area contributed by atoms with Crippen LogP contribution in [-0.4, -0.2) is 37.7 Å². The molecule has 8 heteroatoms. The summed E-state index contributed by atoms with van der Waals surface area (Å²) in [7, 11) is -2.61. The SMILES string of the molecule is COc1ccc([C@@H]2C[C@H](NC(=O)c3ccccc3)C(=O)N2S(=O)(=O)c2ccc(C)cc2)cc1. The molecule has 170 valence electrons. The van der Waals surface area contributed by atoms with E-state index in [0.29, 0.717) is 16.9 Å². The molecule has 7 nitrogen and oxygen atoms in total. The van der Waals surface area contributed by atoms with E-state index in [0.717, 1.165) is 9.87 Å². The molecule has 1 saturated heterocycles. The minimum Gasteiger partial charge on any atom is -0.497 e. The molecule has 0 radical (unpaired) electrons. The van der Waals surface area contributed by atoms with E-state index in [-0.39, 0.29) is 11.3 Å². The predicted octanol–water partition coefficient (Wildman–Crippen LogP) is 3.46. The summed E-state index contributed by atoms with van der Waals surface area (Å²) >= 11 is 0. The largest absolute Gasteiger partial charge is 0.497 e. The molecule has 0 unspecified atom stereocenters. The molecule has 0 bridgehead atoms. The fourth-order valence-corrected chi connectivity index (χ4v) is 5.50. The zero-order valence-corrected chi connectivity index (χ0v) is 19.1. The van der Waals surface area contributed by atoms with Gasteiger partial charge in [-0.3, -0.25) is 9.59 Å². The molecular weight excluding hydrogens is 440 g/mol. The van der Waals surface area contributed by atoms with Gasteiger partial charge >= 0.3 is 0 Å². The molecule has 3 aromatic carbocycles. The van der Waals surface area contributed by atoms with Gasteiger partial charge in [0.2, 0.25) is 0 Å². The van der Waals surface area contributed by atoms with Crippen LogP contribution in [0.3, 0.4) is 0 Å². The van der Waals surface area contributed by atoms with Crippen molar-refractivity contribution in [3.05, 3.63) is 95.6 Å². The summed E-state index contributed by atoms with van der Waals surface area (Å²) in [6, 6.07) is 20.0. The third kappa shape index (κ3) is 4.47. The molecule has 0 saturated carbocycles. The molecule has 4 rings (SSSR count). The lowest BCUT2D eigenvalue weighted by Crippen LogP contribution is -2.43. The molecular formula is C25H24N2O5S. The fraction of sp³-hybridized carbons (Fsp3) is 0.200. The second kappa shape index (κ2) is 9.07. The number of hydrogen-bond donors (Lipinski definition) is 1. The van der Waals surface area contributed by atoms with Crippen molar-refractivity contribution in [2.75, 3.05) is 7.11 Å². The Hall–Kier alpha value is -3.65. The van der Waals surface area contributed by atoms with E-state index in [9.17, 15) is 18.0 Å². The van der Waals surface area contributed by atoms with Crippen molar-refractivity contribution < 1.29 is 22.7 Å². The number of nitrogens with zero attached hydrogens (tertiary/aromatic N) is 1. The quantitative estimate of drug-likeness (QED) is 0.603. The van der Waals surface area contributed by atoms with Gasteiger partial charge in [0.05, 0.1) is 18.0 Å². The van der Waals surface area contributed by atoms with E-state index in [4.69, 9.17) is 4.74 Å². The molecule has 1 fully saturated rings. The smallest absolute Gasteiger partial charge is 0.267 e. The van der Waals surface area contributed by atoms with Crippen LogP contribution >= 0.6 is 0 Å². The number of methoxy groups -OCH3 is 1. The average Bonchev–Trinajstić information content (AvgIpc) is 3.16. The maximum Gasteiger partial charge on any atom is 0.267 e. The van der Waals surface area contributed by atoms with Gasteiger partial charge in [-0.1, -0.05) is 48.0 Å². The van der Waals surface area contributed by atoms with Gasteiger partial charge in [0, 0.05) is 12.0 Å². The molecule has 0 aliphatic carbocycles. The molecule has 2 amide bonds. The Morgan fingerprint density at radius 1 is 0.970 bits per heavy atom. The molecule has 3 aromatic rings. The molecule has 0 spiro atoms. The van der Waals surface area contributed by atoms with Crippen LogP contribution in [0.4, 0.5) is 0 Å². The zero-order chi connectivity index (χ0) is 23.6. The topological polar surface area (TPSA) is 92.8 Å². The molecule has 0 aromatic heterocycles. The molecule has 2 atom stereocenters. The summed E-state index contributed by atoms with van der Waals surface area (Å²) in [5, 5.41) is 2.71. The number of rotatable bonds is 6. The second-order valence-electron chi connectivity index (χ2n) is 7.87. The number of carbonyl (C=O) groups is 2. The van der Waals surface area contributed by atoms with E-state index in [1.165, 1.54) is 19.2 Å². The highest BCUT2D eigenvalue weighted by Crippen LogP contribution is 2.38. The van der Waals surface area contributed by atoms with Crippen LogP contribution in [0.15, 0.2) is 83.8 Å². The first kappa shape index (κ1) is 22.5. The maximum atomic E-state index is 13.5. The van der Waals surface area contributed by atoms with Gasteiger partial charge < -0.3 is 10.1 Å². The highest BCUT2D eigenvalue weighted by atomic mass is 32.2. The molecule has 1 aliphatic rings. The highest BCUT2D eigenvalue weighted by Gasteiger charge is 2.47. The van der Waals surface area contributed by atoms with Gasteiger partial charge in [0.25, 0.3) is 21.8 Å². The van der Waals surface area contributed by atoms with Crippen molar-refractivity contribution in [3.8, 4) is 5.75 Å². The number of nitrogens with one attached hydrogen (secondary N) is 1. The molecule has 33 heavy (non-hydrogen) atoms. The Kier molecular flexibility index (Phi) is 6.20. The summed E-state index contributed by atoms with van der Waals surface area (Å²) in [5.41, 5.74) is 1.93. The number of aryl methyl sites for hydroxylation is 1. The third-order valence-corrected chi connectivity index (χ3v) is 7.50. The monoisotopic (exact) mass is 464 g/mol. The minimum atomic E-state index is -4.15. The lowest BCUT2D eigenvalue weighted by atomic mass is 10.0. The van der Waals surface area contributed by atoms with Gasteiger partial charge in [-0.2, -0.15) is 0 Å². The Balaban J connectivity index is 1.71. The zero-order valence-electron chi connectivity index (χ0n) is 18.3. The van der Waals surface area contributed by atoms with Gasteiger partial charge in [-0.05, 0) is 48.9 Å². The van der Waals surface area contributed by atoms with Gasteiger partial charge in [-0.15, -0.1) is 0 Å². The first-order valence-electron chi connectivity index (χ1n) is 10.5. The molecule has 1 heterocycles. The maximum absolute atomic E-state index is 13.5. The van der Waals surface area contributed by atoms with Crippen LogP contribution < -0.4 is 10.1 Å². The van der Waals surface area contributed by atoms with Gasteiger partial charge in [-0.25, -0.2) is 12.7 Å². The van der Waals surface area contributed by atoms with Crippen molar-refractivity contribution in [2.45, 2.75) is 30.3 Å². The standard InChI is InChI=1S/C25H24N2O5S/c1-17-8-14-21(15-9-17)33(30,31)27-23(18-10-12-20(32-2)13-11-18)16-22(25(27)29)26-24(28)19-6-4-3-5-7-19/h3-15,22-23H,16H2,1-2H3,(H,26,28)/t22-,23-/m0/s1. The number of ether oxygens (including phenoxy) is 1. The minimum absolute atomic E-state index is 0.0231. The van der Waals surface area contributed by atoms with E-state index < -0.39 is 33.9 Å². The van der Waals surface area contributed by atoms with Gasteiger partial charge in [0.1, 0.15) is 11.8 Å². The molecule has 1 aliphatic heterocycles. The third-order valence-electron chi connectivity index (χ3n) is 5.68. The number of carbonyl (C=O) groups excluding carboxylic acids is 2. The van der Waals surface area contributed by atoms with Crippen molar-refractivity contribution in [1.82, 2.24) is 9.62 Å². The summed E-state index contributed by atoms with van der Waals surface area (Å²) in [6.07, 6.45) is 0.120. The lowest BCUT2D eigenvalue weighted by molar-refractivity contribution is -0.126. The second-order valence-corrected chi connectivity index (χ2v) is 9.68. The lowest BCUT2D eigenvalue weighted by Gasteiger charge is -2.24. The van der Waals surface area contributed by atoms with Crippen LogP contribution in [0.2, 0.25) is 0 Å². The predicted molar refractivity (Wildman–Crippen MR) is 123 cm³/mol. The summed E-state index contributed by atoms with van der Waals surface area (Å²) in [5.74, 6) is -0.484. The van der Waals surface area contributed by atoms with E-state index in [2.05, 4.69) is 5.32 Å². The van der Waals surface area contributed by atoms with Crippen LogP contribution in [0.5, 0.6) is 5.75 Å². The highest BCUT2D eigenvalue weighted by molar-refractivity contribution is 7.89. The first-order valence-corrected chi connectivity index (χ1v) is 11.9. The van der Waals surface area contributed by atoms with Crippen LogP contribution in [0, 0.1) is 6.92 Å². The van der Waals surface area contributed by atoms with Crippen molar-refractivity contribution >= 4 is 21.8 Å². The van der Waals surface area contributed by atoms with Crippen LogP contribution in [0.25, 0.3) is 0 Å². The van der Waals surface area contributed by atoms with Crippen LogP contribution in [0.1, 0.15) is 33.9 Å². The Morgan fingerprint density at radius 2 is 1.61 bits per heavy atom.